The molecule has 0 saturated heterocycles. The molecular formula is C15H26O6. The summed E-state index contributed by atoms with van der Waals surface area (Å²) in [5.74, 6) is -5.74. The van der Waals surface area contributed by atoms with E-state index in [0.717, 1.165) is 0 Å². The minimum atomic E-state index is -1.07. The van der Waals surface area contributed by atoms with Crippen molar-refractivity contribution in [1.29, 1.82) is 0 Å². The Balaban J connectivity index is 5.55. The summed E-state index contributed by atoms with van der Waals surface area (Å²) in [6.45, 7) is 8.01. The quantitative estimate of drug-likeness (QED) is 0.603. The Kier molecular flexibility index (Phi) is 6.86. The highest BCUT2D eigenvalue weighted by atomic mass is 16.4. The predicted molar refractivity (Wildman–Crippen MR) is 76.9 cm³/mol. The van der Waals surface area contributed by atoms with E-state index in [1.165, 1.54) is 13.8 Å². The molecule has 6 heteroatoms. The Hall–Kier alpha value is -1.59. The van der Waals surface area contributed by atoms with Crippen LogP contribution in [-0.2, 0) is 14.4 Å². The summed E-state index contributed by atoms with van der Waals surface area (Å²) < 4.78 is 0. The van der Waals surface area contributed by atoms with E-state index in [0.29, 0.717) is 6.42 Å². The van der Waals surface area contributed by atoms with Crippen molar-refractivity contribution in [3.63, 3.8) is 0 Å². The first-order valence-electron chi connectivity index (χ1n) is 7.17. The first-order valence-corrected chi connectivity index (χ1v) is 7.17. The van der Waals surface area contributed by atoms with E-state index in [9.17, 15) is 24.6 Å². The Morgan fingerprint density at radius 2 is 1.29 bits per heavy atom. The zero-order chi connectivity index (χ0) is 17.0. The van der Waals surface area contributed by atoms with Crippen LogP contribution in [0.4, 0.5) is 0 Å². The van der Waals surface area contributed by atoms with E-state index in [-0.39, 0.29) is 12.3 Å². The molecule has 21 heavy (non-hydrogen) atoms. The summed E-state index contributed by atoms with van der Waals surface area (Å²) in [6, 6.07) is 0. The highest BCUT2D eigenvalue weighted by molar-refractivity contribution is 5.75. The van der Waals surface area contributed by atoms with E-state index < -0.39 is 41.1 Å². The van der Waals surface area contributed by atoms with Gasteiger partial charge in [0, 0.05) is 0 Å². The van der Waals surface area contributed by atoms with E-state index in [1.807, 2.05) is 6.92 Å². The first-order chi connectivity index (χ1) is 9.48. The fourth-order valence-corrected chi connectivity index (χ4v) is 2.73. The van der Waals surface area contributed by atoms with Crippen LogP contribution in [0.3, 0.4) is 0 Å². The number of carboxylic acids is 3. The molecule has 4 unspecified atom stereocenters. The molecule has 0 spiro atoms. The second kappa shape index (κ2) is 7.43. The molecule has 0 aliphatic heterocycles. The van der Waals surface area contributed by atoms with Crippen LogP contribution in [0.5, 0.6) is 0 Å². The van der Waals surface area contributed by atoms with Crippen molar-refractivity contribution in [2.45, 2.75) is 47.5 Å². The molecule has 0 radical (unpaired) electrons. The van der Waals surface area contributed by atoms with Crippen LogP contribution in [0.15, 0.2) is 0 Å². The molecule has 0 amide bonds. The molecule has 122 valence electrons. The van der Waals surface area contributed by atoms with Gasteiger partial charge >= 0.3 is 17.9 Å². The van der Waals surface area contributed by atoms with Crippen molar-refractivity contribution in [3.8, 4) is 0 Å². The molecule has 0 aliphatic rings. The number of hydrogen-bond acceptors (Lipinski definition) is 3. The number of rotatable bonds is 9. The van der Waals surface area contributed by atoms with Crippen LogP contribution in [0.1, 0.15) is 47.5 Å². The lowest BCUT2D eigenvalue weighted by Gasteiger charge is -2.40. The summed E-state index contributed by atoms with van der Waals surface area (Å²) in [6.07, 6.45) is 0.805. The van der Waals surface area contributed by atoms with E-state index in [4.69, 9.17) is 5.11 Å². The maximum absolute atomic E-state index is 11.3. The number of carbonyl (C=O) groups is 3. The van der Waals surface area contributed by atoms with Crippen molar-refractivity contribution >= 4 is 17.9 Å². The fourth-order valence-electron chi connectivity index (χ4n) is 2.73. The summed E-state index contributed by atoms with van der Waals surface area (Å²) in [5, 5.41) is 27.7. The summed E-state index contributed by atoms with van der Waals surface area (Å²) in [4.78, 5) is 33.8. The van der Waals surface area contributed by atoms with Crippen molar-refractivity contribution in [1.82, 2.24) is 0 Å². The van der Waals surface area contributed by atoms with Gasteiger partial charge in [-0.15, -0.1) is 0 Å². The highest BCUT2D eigenvalue weighted by Gasteiger charge is 2.46. The van der Waals surface area contributed by atoms with Crippen molar-refractivity contribution in [2.24, 2.45) is 29.1 Å². The molecule has 0 saturated carbocycles. The SMILES string of the molecule is CCC(CC(C)(C(C)C(=O)O)C(C)C(=O)O)C(C)C(=O)O. The summed E-state index contributed by atoms with van der Waals surface area (Å²) in [7, 11) is 0. The normalized spacial score (nSPS) is 19.9. The average Bonchev–Trinajstić information content (AvgIpc) is 2.41. The third kappa shape index (κ3) is 4.44. The molecule has 0 rings (SSSR count). The molecule has 0 aliphatic carbocycles. The lowest BCUT2D eigenvalue weighted by molar-refractivity contribution is -0.155. The van der Waals surface area contributed by atoms with Crippen LogP contribution in [0, 0.1) is 29.1 Å². The molecule has 4 atom stereocenters. The summed E-state index contributed by atoms with van der Waals surface area (Å²) in [5.41, 5.74) is -1.01. The largest absolute Gasteiger partial charge is 0.481 e. The van der Waals surface area contributed by atoms with E-state index >= 15 is 0 Å². The number of aliphatic carboxylic acids is 3. The van der Waals surface area contributed by atoms with Gasteiger partial charge in [-0.25, -0.2) is 0 Å². The summed E-state index contributed by atoms with van der Waals surface area (Å²) >= 11 is 0. The number of carboxylic acid groups (broad SMARTS) is 3. The van der Waals surface area contributed by atoms with E-state index in [1.54, 1.807) is 13.8 Å². The lowest BCUT2D eigenvalue weighted by atomic mass is 9.62. The Morgan fingerprint density at radius 3 is 1.52 bits per heavy atom. The van der Waals surface area contributed by atoms with Gasteiger partial charge in [0.1, 0.15) is 0 Å². The highest BCUT2D eigenvalue weighted by Crippen LogP contribution is 2.44. The first kappa shape index (κ1) is 19.4. The molecule has 6 nitrogen and oxygen atoms in total. The van der Waals surface area contributed by atoms with Gasteiger partial charge < -0.3 is 15.3 Å². The van der Waals surface area contributed by atoms with Gasteiger partial charge in [-0.05, 0) is 17.8 Å². The monoisotopic (exact) mass is 302 g/mol. The van der Waals surface area contributed by atoms with Gasteiger partial charge in [0.05, 0.1) is 17.8 Å². The van der Waals surface area contributed by atoms with Crippen molar-refractivity contribution in [3.05, 3.63) is 0 Å². The average molecular weight is 302 g/mol. The smallest absolute Gasteiger partial charge is 0.306 e. The second-order valence-electron chi connectivity index (χ2n) is 6.13. The minimum Gasteiger partial charge on any atom is -0.481 e. The molecule has 0 heterocycles. The number of hydrogen-bond donors (Lipinski definition) is 3. The molecule has 0 bridgehead atoms. The molecule has 0 aromatic carbocycles. The zero-order valence-corrected chi connectivity index (χ0v) is 13.3. The molecule has 0 aromatic heterocycles. The van der Waals surface area contributed by atoms with Crippen LogP contribution in [-0.4, -0.2) is 33.2 Å². The standard InChI is InChI=1S/C15H26O6/c1-6-11(8(2)12(16)17)7-15(5,9(3)13(18)19)10(4)14(20)21/h8-11H,6-7H2,1-5H3,(H,16,17)(H,18,19)(H,20,21). The topological polar surface area (TPSA) is 112 Å². The van der Waals surface area contributed by atoms with Gasteiger partial charge in [0.2, 0.25) is 0 Å². The Labute approximate surface area is 125 Å². The van der Waals surface area contributed by atoms with Crippen LogP contribution < -0.4 is 0 Å². The van der Waals surface area contributed by atoms with Gasteiger partial charge in [0.25, 0.3) is 0 Å². The second-order valence-corrected chi connectivity index (χ2v) is 6.13. The van der Waals surface area contributed by atoms with Gasteiger partial charge in [-0.3, -0.25) is 14.4 Å². The Morgan fingerprint density at radius 1 is 0.905 bits per heavy atom. The maximum atomic E-state index is 11.3. The van der Waals surface area contributed by atoms with Gasteiger partial charge in [-0.2, -0.15) is 0 Å². The minimum absolute atomic E-state index is 0.248. The lowest BCUT2D eigenvalue weighted by Crippen LogP contribution is -2.43. The zero-order valence-electron chi connectivity index (χ0n) is 13.3. The third-order valence-electron chi connectivity index (χ3n) is 5.04. The molecule has 3 N–H and O–H groups in total. The molecular weight excluding hydrogens is 276 g/mol. The van der Waals surface area contributed by atoms with E-state index in [2.05, 4.69) is 0 Å². The van der Waals surface area contributed by atoms with Gasteiger partial charge in [-0.1, -0.05) is 41.0 Å². The fraction of sp³-hybridized carbons (Fsp3) is 0.800. The van der Waals surface area contributed by atoms with Crippen LogP contribution in [0.2, 0.25) is 0 Å². The maximum Gasteiger partial charge on any atom is 0.306 e. The third-order valence-corrected chi connectivity index (χ3v) is 5.04. The molecule has 0 aromatic rings. The van der Waals surface area contributed by atoms with Crippen LogP contribution in [0.25, 0.3) is 0 Å². The van der Waals surface area contributed by atoms with Crippen LogP contribution >= 0.6 is 0 Å². The van der Waals surface area contributed by atoms with Gasteiger partial charge in [0.15, 0.2) is 0 Å². The van der Waals surface area contributed by atoms with Crippen molar-refractivity contribution in [2.75, 3.05) is 0 Å². The molecule has 0 fully saturated rings. The van der Waals surface area contributed by atoms with Crippen molar-refractivity contribution < 1.29 is 29.7 Å². The predicted octanol–water partition coefficient (Wildman–Crippen LogP) is 2.57. The Bertz CT molecular complexity index is 383.